The first-order valence-corrected chi connectivity index (χ1v) is 8.58. The highest BCUT2D eigenvalue weighted by Gasteiger charge is 2.62. The van der Waals surface area contributed by atoms with Crippen LogP contribution in [0.3, 0.4) is 0 Å². The molecule has 0 heterocycles. The van der Waals surface area contributed by atoms with E-state index in [0.29, 0.717) is 29.8 Å². The lowest BCUT2D eigenvalue weighted by atomic mass is 9.40. The molecule has 4 saturated carbocycles. The fraction of sp³-hybridized carbons (Fsp3) is 0.944. The van der Waals surface area contributed by atoms with Crippen LogP contribution in [-0.4, -0.2) is 19.0 Å². The van der Waals surface area contributed by atoms with Gasteiger partial charge in [0.25, 0.3) is 0 Å². The Bertz CT molecular complexity index is 438. The minimum Gasteiger partial charge on any atom is -0.355 e. The summed E-state index contributed by atoms with van der Waals surface area (Å²) in [5.41, 5.74) is 6.49. The quantitative estimate of drug-likeness (QED) is 0.836. The van der Waals surface area contributed by atoms with E-state index in [9.17, 15) is 4.79 Å². The molecule has 2 unspecified atom stereocenters. The zero-order valence-corrected chi connectivity index (χ0v) is 14.2. The van der Waals surface area contributed by atoms with E-state index in [1.807, 2.05) is 0 Å². The van der Waals surface area contributed by atoms with Crippen LogP contribution >= 0.6 is 0 Å². The van der Waals surface area contributed by atoms with Crippen LogP contribution in [0.4, 0.5) is 0 Å². The van der Waals surface area contributed by atoms with Gasteiger partial charge in [-0.15, -0.1) is 0 Å². The summed E-state index contributed by atoms with van der Waals surface area (Å²) >= 11 is 0. The van der Waals surface area contributed by atoms with Gasteiger partial charge >= 0.3 is 0 Å². The number of nitrogens with two attached hydrogens (primary N) is 1. The highest BCUT2D eigenvalue weighted by molar-refractivity contribution is 5.83. The van der Waals surface area contributed by atoms with E-state index >= 15 is 0 Å². The van der Waals surface area contributed by atoms with E-state index in [4.69, 9.17) is 5.73 Å². The number of amides is 1. The van der Waals surface area contributed by atoms with Gasteiger partial charge < -0.3 is 11.1 Å². The molecule has 0 spiro atoms. The second-order valence-electron chi connectivity index (χ2n) is 9.96. The molecule has 0 aromatic rings. The summed E-state index contributed by atoms with van der Waals surface area (Å²) in [5, 5.41) is 3.25. The van der Waals surface area contributed by atoms with Crippen molar-refractivity contribution in [2.45, 2.75) is 66.2 Å². The molecule has 120 valence electrons. The van der Waals surface area contributed by atoms with Crippen LogP contribution in [0.1, 0.15) is 66.2 Å². The number of carbonyl (C=O) groups excluding carboxylic acids is 1. The first-order chi connectivity index (χ1) is 9.60. The molecule has 3 heteroatoms. The molecule has 0 radical (unpaired) electrons. The zero-order valence-electron chi connectivity index (χ0n) is 14.2. The zero-order chi connectivity index (χ0) is 15.5. The third-order valence-electron chi connectivity index (χ3n) is 6.39. The maximum absolute atomic E-state index is 13.0. The lowest BCUT2D eigenvalue weighted by molar-refractivity contribution is -0.170. The molecule has 2 atom stereocenters. The molecular formula is C18H32N2O. The van der Waals surface area contributed by atoms with Crippen molar-refractivity contribution in [3.8, 4) is 0 Å². The predicted octanol–water partition coefficient (Wildman–Crippen LogP) is 3.08. The number of hydrogen-bond acceptors (Lipinski definition) is 2. The van der Waals surface area contributed by atoms with E-state index in [-0.39, 0.29) is 10.8 Å². The Morgan fingerprint density at radius 1 is 1.14 bits per heavy atom. The molecule has 1 amide bonds. The minimum absolute atomic E-state index is 0.00818. The average molecular weight is 292 g/mol. The van der Waals surface area contributed by atoms with E-state index in [1.165, 1.54) is 19.3 Å². The fourth-order valence-corrected chi connectivity index (χ4v) is 6.28. The smallest absolute Gasteiger partial charge is 0.226 e. The van der Waals surface area contributed by atoms with Gasteiger partial charge in [-0.1, -0.05) is 27.7 Å². The van der Waals surface area contributed by atoms with Gasteiger partial charge in [-0.2, -0.15) is 0 Å². The molecule has 4 aliphatic rings. The van der Waals surface area contributed by atoms with E-state index in [1.54, 1.807) is 0 Å². The maximum atomic E-state index is 13.0. The predicted molar refractivity (Wildman–Crippen MR) is 85.7 cm³/mol. The Labute approximate surface area is 129 Å². The van der Waals surface area contributed by atoms with Crippen molar-refractivity contribution in [3.63, 3.8) is 0 Å². The molecular weight excluding hydrogens is 260 g/mol. The molecule has 0 aliphatic heterocycles. The largest absolute Gasteiger partial charge is 0.355 e. The minimum atomic E-state index is -0.0897. The molecule has 4 bridgehead atoms. The average Bonchev–Trinajstić information content (AvgIpc) is 2.31. The van der Waals surface area contributed by atoms with Crippen LogP contribution in [0, 0.1) is 27.6 Å². The standard InChI is InChI=1S/C18H32N2O/c1-15(2,11-19)12-20-14(21)18-7-13-5-16(3,9-18)8-17(4,6-13)10-18/h13H,5-12,19H2,1-4H3,(H,20,21). The van der Waals surface area contributed by atoms with Gasteiger partial charge in [0.15, 0.2) is 0 Å². The van der Waals surface area contributed by atoms with Crippen molar-refractivity contribution in [1.29, 1.82) is 0 Å². The maximum Gasteiger partial charge on any atom is 0.226 e. The molecule has 3 N–H and O–H groups in total. The molecule has 0 aromatic heterocycles. The second-order valence-corrected chi connectivity index (χ2v) is 9.96. The van der Waals surface area contributed by atoms with Crippen molar-refractivity contribution < 1.29 is 4.79 Å². The lowest BCUT2D eigenvalue weighted by Crippen LogP contribution is -2.60. The number of nitrogens with one attached hydrogen (secondary N) is 1. The van der Waals surface area contributed by atoms with E-state index in [2.05, 4.69) is 33.0 Å². The summed E-state index contributed by atoms with van der Waals surface area (Å²) in [6, 6.07) is 0. The van der Waals surface area contributed by atoms with Crippen LogP contribution in [0.5, 0.6) is 0 Å². The highest BCUT2D eigenvalue weighted by atomic mass is 16.2. The van der Waals surface area contributed by atoms with Gasteiger partial charge in [-0.25, -0.2) is 0 Å². The molecule has 3 nitrogen and oxygen atoms in total. The van der Waals surface area contributed by atoms with Crippen LogP contribution in [0.15, 0.2) is 0 Å². The molecule has 4 rings (SSSR count). The van der Waals surface area contributed by atoms with Crippen LogP contribution in [0.2, 0.25) is 0 Å². The van der Waals surface area contributed by atoms with Crippen LogP contribution in [-0.2, 0) is 4.79 Å². The van der Waals surface area contributed by atoms with Gasteiger partial charge in [0.1, 0.15) is 0 Å². The Kier molecular flexibility index (Phi) is 3.26. The van der Waals surface area contributed by atoms with Crippen LogP contribution in [0.25, 0.3) is 0 Å². The Balaban J connectivity index is 1.77. The topological polar surface area (TPSA) is 55.1 Å². The Hall–Kier alpha value is -0.570. The fourth-order valence-electron chi connectivity index (χ4n) is 6.28. The van der Waals surface area contributed by atoms with Crippen molar-refractivity contribution in [3.05, 3.63) is 0 Å². The molecule has 4 aliphatic carbocycles. The van der Waals surface area contributed by atoms with Gasteiger partial charge in [0.05, 0.1) is 5.41 Å². The van der Waals surface area contributed by atoms with E-state index in [0.717, 1.165) is 25.2 Å². The van der Waals surface area contributed by atoms with Crippen molar-refractivity contribution in [1.82, 2.24) is 5.32 Å². The summed E-state index contributed by atoms with van der Waals surface area (Å²) in [5.74, 6) is 1.08. The van der Waals surface area contributed by atoms with Crippen LogP contribution < -0.4 is 11.1 Å². The lowest BCUT2D eigenvalue weighted by Gasteiger charge is -2.64. The number of rotatable bonds is 4. The Morgan fingerprint density at radius 3 is 2.19 bits per heavy atom. The molecule has 0 saturated heterocycles. The third kappa shape index (κ3) is 2.62. The van der Waals surface area contributed by atoms with Gasteiger partial charge in [0.2, 0.25) is 5.91 Å². The Morgan fingerprint density at radius 2 is 1.71 bits per heavy atom. The van der Waals surface area contributed by atoms with Gasteiger partial charge in [-0.3, -0.25) is 4.79 Å². The van der Waals surface area contributed by atoms with Gasteiger partial charge in [-0.05, 0) is 67.2 Å². The van der Waals surface area contributed by atoms with Gasteiger partial charge in [0, 0.05) is 6.54 Å². The summed E-state index contributed by atoms with van der Waals surface area (Å²) < 4.78 is 0. The summed E-state index contributed by atoms with van der Waals surface area (Å²) in [6.07, 6.45) is 7.31. The summed E-state index contributed by atoms with van der Waals surface area (Å²) in [7, 11) is 0. The highest BCUT2D eigenvalue weighted by Crippen LogP contribution is 2.69. The number of hydrogen-bond donors (Lipinski definition) is 2. The first-order valence-electron chi connectivity index (χ1n) is 8.58. The molecule has 0 aromatic carbocycles. The first kappa shape index (κ1) is 15.3. The summed E-state index contributed by atoms with van der Waals surface area (Å²) in [6.45, 7) is 10.4. The molecule has 4 fully saturated rings. The van der Waals surface area contributed by atoms with Crippen molar-refractivity contribution in [2.75, 3.05) is 13.1 Å². The van der Waals surface area contributed by atoms with Crippen molar-refractivity contribution >= 4 is 5.91 Å². The SMILES string of the molecule is CC(C)(CN)CNC(=O)C12CC3CC(C)(CC(C)(C3)C1)C2. The third-order valence-corrected chi connectivity index (χ3v) is 6.39. The second kappa shape index (κ2) is 4.47. The van der Waals surface area contributed by atoms with Crippen molar-refractivity contribution in [2.24, 2.45) is 33.3 Å². The normalized spacial score (nSPS) is 44.9. The van der Waals surface area contributed by atoms with E-state index < -0.39 is 0 Å². The summed E-state index contributed by atoms with van der Waals surface area (Å²) in [4.78, 5) is 13.0. The molecule has 21 heavy (non-hydrogen) atoms. The number of carbonyl (C=O) groups is 1. The monoisotopic (exact) mass is 292 g/mol.